The fourth-order valence-corrected chi connectivity index (χ4v) is 3.64. The molecule has 2 aromatic rings. The third kappa shape index (κ3) is 4.88. The van der Waals surface area contributed by atoms with Gasteiger partial charge in [0.1, 0.15) is 23.9 Å². The van der Waals surface area contributed by atoms with E-state index in [1.807, 2.05) is 18.2 Å². The first kappa shape index (κ1) is 22.8. The van der Waals surface area contributed by atoms with Crippen LogP contribution in [0.25, 0.3) is 0 Å². The molecule has 2 N–H and O–H groups in total. The molecule has 1 heterocycles. The molecule has 2 aromatic carbocycles. The van der Waals surface area contributed by atoms with E-state index in [1.54, 1.807) is 11.0 Å². The smallest absolute Gasteiger partial charge is 0.303 e. The standard InChI is InChI=1S/C25H24FNO5/c1-3-20(22(28)4-2)25(31)27-13-12-17-6-5-7-18(24(17)27)15-32-19-10-8-16(21(26)14-19)9-11-23(29)30/h3-8,10,14,28H,1-2,9,11-13,15H2,(H,29,30)/b22-20-. The van der Waals surface area contributed by atoms with Crippen LogP contribution in [-0.4, -0.2) is 28.6 Å². The van der Waals surface area contributed by atoms with Gasteiger partial charge in [-0.1, -0.05) is 43.5 Å². The zero-order valence-electron chi connectivity index (χ0n) is 17.5. The molecule has 0 spiro atoms. The summed E-state index contributed by atoms with van der Waals surface area (Å²) >= 11 is 0. The summed E-state index contributed by atoms with van der Waals surface area (Å²) < 4.78 is 20.0. The van der Waals surface area contributed by atoms with E-state index in [-0.39, 0.29) is 30.8 Å². The van der Waals surface area contributed by atoms with Crippen molar-refractivity contribution in [2.24, 2.45) is 0 Å². The van der Waals surface area contributed by atoms with E-state index in [0.29, 0.717) is 30.0 Å². The number of hydrogen-bond acceptors (Lipinski definition) is 4. The largest absolute Gasteiger partial charge is 0.507 e. The number of carboxylic acids is 1. The molecule has 7 heteroatoms. The number of aryl methyl sites for hydroxylation is 1. The minimum atomic E-state index is -0.988. The molecule has 0 aromatic heterocycles. The van der Waals surface area contributed by atoms with Crippen LogP contribution in [0.2, 0.25) is 0 Å². The molecule has 1 aliphatic rings. The van der Waals surface area contributed by atoms with Gasteiger partial charge in [0.05, 0.1) is 11.3 Å². The molecule has 6 nitrogen and oxygen atoms in total. The number of amides is 1. The summed E-state index contributed by atoms with van der Waals surface area (Å²) in [6, 6.07) is 9.95. The fraction of sp³-hybridized carbons (Fsp3) is 0.200. The highest BCUT2D eigenvalue weighted by atomic mass is 19.1. The van der Waals surface area contributed by atoms with Gasteiger partial charge in [0, 0.05) is 24.6 Å². The normalized spacial score (nSPS) is 13.2. The van der Waals surface area contributed by atoms with Gasteiger partial charge >= 0.3 is 5.97 Å². The molecular weight excluding hydrogens is 413 g/mol. The summed E-state index contributed by atoms with van der Waals surface area (Å²) in [6.07, 6.45) is 3.09. The molecule has 0 unspecified atom stereocenters. The molecule has 32 heavy (non-hydrogen) atoms. The van der Waals surface area contributed by atoms with Crippen molar-refractivity contribution < 1.29 is 28.9 Å². The summed E-state index contributed by atoms with van der Waals surface area (Å²) in [6.45, 7) is 7.64. The monoisotopic (exact) mass is 437 g/mol. The van der Waals surface area contributed by atoms with Crippen molar-refractivity contribution in [1.29, 1.82) is 0 Å². The third-order valence-corrected chi connectivity index (χ3v) is 5.25. The second-order valence-corrected chi connectivity index (χ2v) is 7.27. The summed E-state index contributed by atoms with van der Waals surface area (Å²) in [5, 5.41) is 18.7. The molecule has 1 aliphatic heterocycles. The van der Waals surface area contributed by atoms with Crippen LogP contribution in [-0.2, 0) is 29.0 Å². The van der Waals surface area contributed by atoms with Crippen LogP contribution >= 0.6 is 0 Å². The maximum absolute atomic E-state index is 14.3. The van der Waals surface area contributed by atoms with Crippen LogP contribution in [0.4, 0.5) is 10.1 Å². The maximum atomic E-state index is 14.3. The highest BCUT2D eigenvalue weighted by Crippen LogP contribution is 2.34. The summed E-state index contributed by atoms with van der Waals surface area (Å²) in [5.41, 5.74) is 2.78. The number of aliphatic carboxylic acids is 1. The highest BCUT2D eigenvalue weighted by molar-refractivity contribution is 6.09. The predicted molar refractivity (Wildman–Crippen MR) is 119 cm³/mol. The second kappa shape index (κ2) is 9.96. The molecule has 1 amide bonds. The first-order valence-electron chi connectivity index (χ1n) is 10.1. The summed E-state index contributed by atoms with van der Waals surface area (Å²) in [5.74, 6) is -1.86. The number of carbonyl (C=O) groups excluding carboxylic acids is 1. The van der Waals surface area contributed by atoms with E-state index in [1.165, 1.54) is 24.3 Å². The van der Waals surface area contributed by atoms with Crippen molar-refractivity contribution >= 4 is 17.6 Å². The van der Waals surface area contributed by atoms with Gasteiger partial charge in [0.25, 0.3) is 5.91 Å². The van der Waals surface area contributed by atoms with E-state index >= 15 is 0 Å². The van der Waals surface area contributed by atoms with Gasteiger partial charge in [-0.05, 0) is 36.1 Å². The lowest BCUT2D eigenvalue weighted by Crippen LogP contribution is -2.31. The van der Waals surface area contributed by atoms with Crippen molar-refractivity contribution in [2.75, 3.05) is 11.4 Å². The van der Waals surface area contributed by atoms with Crippen LogP contribution < -0.4 is 9.64 Å². The van der Waals surface area contributed by atoms with Crippen molar-refractivity contribution in [1.82, 2.24) is 0 Å². The van der Waals surface area contributed by atoms with E-state index in [9.17, 15) is 19.1 Å². The molecule has 3 rings (SSSR count). The SMILES string of the molecule is C=C/C(O)=C(\C=C)C(=O)N1CCc2cccc(COc3ccc(CCC(=O)O)c(F)c3)c21. The quantitative estimate of drug-likeness (QED) is 0.343. The van der Waals surface area contributed by atoms with Gasteiger partial charge in [0.2, 0.25) is 0 Å². The van der Waals surface area contributed by atoms with Gasteiger partial charge in [-0.3, -0.25) is 9.59 Å². The van der Waals surface area contributed by atoms with Crippen molar-refractivity contribution in [2.45, 2.75) is 25.9 Å². The van der Waals surface area contributed by atoms with Crippen LogP contribution in [0.15, 0.2) is 73.0 Å². The zero-order chi connectivity index (χ0) is 23.3. The topological polar surface area (TPSA) is 87.1 Å². The molecule has 0 aliphatic carbocycles. The second-order valence-electron chi connectivity index (χ2n) is 7.27. The lowest BCUT2D eigenvalue weighted by Gasteiger charge is -2.21. The first-order chi connectivity index (χ1) is 15.3. The number of rotatable bonds is 9. The number of allylic oxidation sites excluding steroid dienone is 1. The van der Waals surface area contributed by atoms with Crippen LogP contribution in [0.5, 0.6) is 5.75 Å². The number of para-hydroxylation sites is 1. The molecular formula is C25H24FNO5. The average molecular weight is 437 g/mol. The molecule has 0 saturated heterocycles. The number of benzene rings is 2. The summed E-state index contributed by atoms with van der Waals surface area (Å²) in [7, 11) is 0. The van der Waals surface area contributed by atoms with Crippen molar-refractivity contribution in [3.63, 3.8) is 0 Å². The molecule has 0 saturated carbocycles. The summed E-state index contributed by atoms with van der Waals surface area (Å²) in [4.78, 5) is 25.3. The van der Waals surface area contributed by atoms with Gasteiger partial charge in [-0.25, -0.2) is 4.39 Å². The Morgan fingerprint density at radius 3 is 2.56 bits per heavy atom. The minimum Gasteiger partial charge on any atom is -0.507 e. The number of carboxylic acid groups (broad SMARTS) is 1. The number of halogens is 1. The lowest BCUT2D eigenvalue weighted by molar-refractivity contribution is -0.137. The van der Waals surface area contributed by atoms with Crippen LogP contribution in [0, 0.1) is 5.82 Å². The fourth-order valence-electron chi connectivity index (χ4n) is 3.64. The van der Waals surface area contributed by atoms with E-state index in [4.69, 9.17) is 9.84 Å². The number of aliphatic hydroxyl groups excluding tert-OH is 1. The van der Waals surface area contributed by atoms with E-state index in [0.717, 1.165) is 11.1 Å². The van der Waals surface area contributed by atoms with Gasteiger partial charge in [-0.15, -0.1) is 0 Å². The predicted octanol–water partition coefficient (Wildman–Crippen LogP) is 4.50. The molecule has 0 fully saturated rings. The number of ether oxygens (including phenoxy) is 1. The molecule has 166 valence electrons. The molecule has 0 radical (unpaired) electrons. The lowest BCUT2D eigenvalue weighted by atomic mass is 10.1. The van der Waals surface area contributed by atoms with Gasteiger partial charge in [0.15, 0.2) is 0 Å². The number of carbonyl (C=O) groups is 2. The van der Waals surface area contributed by atoms with Crippen molar-refractivity contribution in [3.8, 4) is 5.75 Å². The van der Waals surface area contributed by atoms with E-state index in [2.05, 4.69) is 13.2 Å². The Morgan fingerprint density at radius 1 is 1.12 bits per heavy atom. The molecule has 0 bridgehead atoms. The van der Waals surface area contributed by atoms with Gasteiger partial charge < -0.3 is 19.8 Å². The number of nitrogens with zero attached hydrogens (tertiary/aromatic N) is 1. The Hall–Kier alpha value is -3.87. The first-order valence-corrected chi connectivity index (χ1v) is 10.1. The van der Waals surface area contributed by atoms with E-state index < -0.39 is 17.7 Å². The number of hydrogen-bond donors (Lipinski definition) is 2. The molecule has 0 atom stereocenters. The maximum Gasteiger partial charge on any atom is 0.303 e. The zero-order valence-corrected chi connectivity index (χ0v) is 17.5. The number of fused-ring (bicyclic) bond motifs is 1. The minimum absolute atomic E-state index is 0.0580. The Morgan fingerprint density at radius 2 is 1.91 bits per heavy atom. The van der Waals surface area contributed by atoms with Gasteiger partial charge in [-0.2, -0.15) is 0 Å². The van der Waals surface area contributed by atoms with Crippen LogP contribution in [0.1, 0.15) is 23.1 Å². The Labute approximate surface area is 185 Å². The van der Waals surface area contributed by atoms with Crippen molar-refractivity contribution in [3.05, 3.63) is 95.5 Å². The Bertz CT molecular complexity index is 1110. The number of aliphatic hydroxyl groups is 1. The average Bonchev–Trinajstić information content (AvgIpc) is 3.22. The van der Waals surface area contributed by atoms with Crippen LogP contribution in [0.3, 0.4) is 0 Å². The Balaban J connectivity index is 1.80. The Kier molecular flexibility index (Phi) is 7.10. The number of anilines is 1. The third-order valence-electron chi connectivity index (χ3n) is 5.25. The highest BCUT2D eigenvalue weighted by Gasteiger charge is 2.29.